The van der Waals surface area contributed by atoms with Gasteiger partial charge in [-0.05, 0) is 32.0 Å². The van der Waals surface area contributed by atoms with Crippen molar-refractivity contribution < 1.29 is 9.52 Å². The minimum atomic E-state index is 0.0838. The molecule has 0 unspecified atom stereocenters. The summed E-state index contributed by atoms with van der Waals surface area (Å²) in [6, 6.07) is 7.87. The van der Waals surface area contributed by atoms with Gasteiger partial charge in [0, 0.05) is 36.0 Å². The van der Waals surface area contributed by atoms with E-state index in [2.05, 4.69) is 20.6 Å². The Balaban J connectivity index is 1.76. The second-order valence-corrected chi connectivity index (χ2v) is 5.66. The molecule has 0 aliphatic carbocycles. The Bertz CT molecular complexity index is 837. The Hall–Kier alpha value is -2.67. The number of aromatic nitrogens is 4. The van der Waals surface area contributed by atoms with Gasteiger partial charge in [-0.3, -0.25) is 4.68 Å². The van der Waals surface area contributed by atoms with Crippen LogP contribution in [0, 0.1) is 20.8 Å². The zero-order valence-corrected chi connectivity index (χ0v) is 14.1. The molecule has 7 heteroatoms. The number of nitrogens with one attached hydrogen (secondary N) is 1. The minimum absolute atomic E-state index is 0.0838. The van der Waals surface area contributed by atoms with Crippen LogP contribution in [0.2, 0.25) is 0 Å². The maximum atomic E-state index is 9.10. The van der Waals surface area contributed by atoms with Crippen molar-refractivity contribution >= 4 is 5.69 Å². The molecule has 0 atom stereocenters. The average Bonchev–Trinajstić information content (AvgIpc) is 3.11. The normalized spacial score (nSPS) is 11.0. The number of hydrogen-bond acceptors (Lipinski definition) is 6. The van der Waals surface area contributed by atoms with Gasteiger partial charge >= 0.3 is 0 Å². The van der Waals surface area contributed by atoms with E-state index in [1.54, 1.807) is 6.92 Å². The highest BCUT2D eigenvalue weighted by Gasteiger charge is 2.11. The topological polar surface area (TPSA) is 89.0 Å². The molecule has 2 heterocycles. The fourth-order valence-electron chi connectivity index (χ4n) is 2.67. The van der Waals surface area contributed by atoms with Crippen LogP contribution < -0.4 is 5.32 Å². The monoisotopic (exact) mass is 327 g/mol. The zero-order chi connectivity index (χ0) is 17.1. The van der Waals surface area contributed by atoms with Crippen molar-refractivity contribution in [2.24, 2.45) is 0 Å². The number of benzene rings is 1. The molecule has 0 aliphatic heterocycles. The molecule has 0 bridgehead atoms. The molecule has 1 aromatic carbocycles. The summed E-state index contributed by atoms with van der Waals surface area (Å²) < 4.78 is 7.31. The van der Waals surface area contributed by atoms with Crippen molar-refractivity contribution in [3.05, 3.63) is 47.1 Å². The SMILES string of the molecule is Cc1nnc(-c2cccc(NCc3c(C)nn(CCO)c3C)c2)o1. The van der Waals surface area contributed by atoms with Gasteiger partial charge in [-0.25, -0.2) is 0 Å². The average molecular weight is 327 g/mol. The largest absolute Gasteiger partial charge is 0.421 e. The van der Waals surface area contributed by atoms with Gasteiger partial charge in [-0.1, -0.05) is 6.07 Å². The third-order valence-electron chi connectivity index (χ3n) is 3.95. The summed E-state index contributed by atoms with van der Waals surface area (Å²) in [4.78, 5) is 0. The third-order valence-corrected chi connectivity index (χ3v) is 3.95. The van der Waals surface area contributed by atoms with Crippen molar-refractivity contribution in [2.45, 2.75) is 33.9 Å². The van der Waals surface area contributed by atoms with Gasteiger partial charge in [0.2, 0.25) is 11.8 Å². The molecule has 24 heavy (non-hydrogen) atoms. The van der Waals surface area contributed by atoms with E-state index in [0.29, 0.717) is 24.9 Å². The second kappa shape index (κ2) is 6.84. The first kappa shape index (κ1) is 16.2. The summed E-state index contributed by atoms with van der Waals surface area (Å²) in [5.41, 5.74) is 5.03. The van der Waals surface area contributed by atoms with Gasteiger partial charge < -0.3 is 14.8 Å². The van der Waals surface area contributed by atoms with E-state index in [9.17, 15) is 0 Å². The number of rotatable bonds is 6. The van der Waals surface area contributed by atoms with Crippen molar-refractivity contribution in [2.75, 3.05) is 11.9 Å². The quantitative estimate of drug-likeness (QED) is 0.723. The van der Waals surface area contributed by atoms with E-state index < -0.39 is 0 Å². The molecule has 0 aliphatic rings. The highest BCUT2D eigenvalue weighted by Crippen LogP contribution is 2.22. The Labute approximate surface area is 140 Å². The van der Waals surface area contributed by atoms with Crippen LogP contribution >= 0.6 is 0 Å². The molecule has 0 spiro atoms. The van der Waals surface area contributed by atoms with Gasteiger partial charge in [0.25, 0.3) is 0 Å². The van der Waals surface area contributed by atoms with Gasteiger partial charge in [-0.2, -0.15) is 5.10 Å². The Morgan fingerprint density at radius 1 is 1.21 bits per heavy atom. The van der Waals surface area contributed by atoms with Crippen molar-refractivity contribution in [3.8, 4) is 11.5 Å². The highest BCUT2D eigenvalue weighted by molar-refractivity contribution is 5.61. The summed E-state index contributed by atoms with van der Waals surface area (Å²) in [5, 5.41) is 24.9. The lowest BCUT2D eigenvalue weighted by molar-refractivity contribution is 0.268. The summed E-state index contributed by atoms with van der Waals surface area (Å²) >= 11 is 0. The number of aliphatic hydroxyl groups is 1. The summed E-state index contributed by atoms with van der Waals surface area (Å²) in [6.45, 7) is 7.03. The lowest BCUT2D eigenvalue weighted by atomic mass is 10.1. The number of anilines is 1. The molecule has 0 radical (unpaired) electrons. The Morgan fingerprint density at radius 3 is 2.75 bits per heavy atom. The number of aryl methyl sites for hydroxylation is 2. The summed E-state index contributed by atoms with van der Waals surface area (Å²) in [6.07, 6.45) is 0. The summed E-state index contributed by atoms with van der Waals surface area (Å²) in [5.74, 6) is 1.06. The van der Waals surface area contributed by atoms with Crippen LogP contribution in [-0.2, 0) is 13.1 Å². The fraction of sp³-hybridized carbons (Fsp3) is 0.353. The van der Waals surface area contributed by atoms with Gasteiger partial charge in [0.15, 0.2) is 0 Å². The van der Waals surface area contributed by atoms with E-state index in [4.69, 9.17) is 9.52 Å². The molecule has 2 aromatic heterocycles. The fourth-order valence-corrected chi connectivity index (χ4v) is 2.67. The standard InChI is InChI=1S/C17H21N5O2/c1-11-16(12(2)22(21-11)7-8-23)10-18-15-6-4-5-14(9-15)17-20-19-13(3)24-17/h4-6,9,18,23H,7-8,10H2,1-3H3. The van der Waals surface area contributed by atoms with E-state index >= 15 is 0 Å². The first-order valence-electron chi connectivity index (χ1n) is 7.86. The molecule has 3 aromatic rings. The van der Waals surface area contributed by atoms with Crippen LogP contribution in [0.3, 0.4) is 0 Å². The predicted molar refractivity (Wildman–Crippen MR) is 90.6 cm³/mol. The first-order chi connectivity index (χ1) is 11.6. The van der Waals surface area contributed by atoms with Crippen LogP contribution in [0.1, 0.15) is 22.8 Å². The molecule has 2 N–H and O–H groups in total. The summed E-state index contributed by atoms with van der Waals surface area (Å²) in [7, 11) is 0. The lowest BCUT2D eigenvalue weighted by Gasteiger charge is -2.08. The van der Waals surface area contributed by atoms with E-state index in [1.807, 2.05) is 42.8 Å². The third kappa shape index (κ3) is 3.30. The van der Waals surface area contributed by atoms with Crippen LogP contribution in [0.4, 0.5) is 5.69 Å². The number of hydrogen-bond donors (Lipinski definition) is 2. The molecule has 0 saturated carbocycles. The van der Waals surface area contributed by atoms with E-state index in [0.717, 1.165) is 28.2 Å². The van der Waals surface area contributed by atoms with Crippen LogP contribution in [-0.4, -0.2) is 31.7 Å². The minimum Gasteiger partial charge on any atom is -0.421 e. The Kier molecular flexibility index (Phi) is 4.61. The van der Waals surface area contributed by atoms with Crippen LogP contribution in [0.25, 0.3) is 11.5 Å². The number of aliphatic hydroxyl groups excluding tert-OH is 1. The van der Waals surface area contributed by atoms with Crippen molar-refractivity contribution in [1.82, 2.24) is 20.0 Å². The van der Waals surface area contributed by atoms with Gasteiger partial charge in [0.05, 0.1) is 18.8 Å². The highest BCUT2D eigenvalue weighted by atomic mass is 16.4. The molecular weight excluding hydrogens is 306 g/mol. The van der Waals surface area contributed by atoms with E-state index in [1.165, 1.54) is 0 Å². The molecule has 0 amide bonds. The van der Waals surface area contributed by atoms with Crippen LogP contribution in [0.15, 0.2) is 28.7 Å². The molecular formula is C17H21N5O2. The maximum absolute atomic E-state index is 9.10. The van der Waals surface area contributed by atoms with Gasteiger partial charge in [-0.15, -0.1) is 10.2 Å². The smallest absolute Gasteiger partial charge is 0.247 e. The molecule has 0 saturated heterocycles. The maximum Gasteiger partial charge on any atom is 0.247 e. The zero-order valence-electron chi connectivity index (χ0n) is 14.1. The van der Waals surface area contributed by atoms with Crippen molar-refractivity contribution in [1.29, 1.82) is 0 Å². The number of nitrogens with zero attached hydrogens (tertiary/aromatic N) is 4. The predicted octanol–water partition coefficient (Wildman–Crippen LogP) is 2.46. The molecule has 0 fully saturated rings. The Morgan fingerprint density at radius 2 is 2.04 bits per heavy atom. The second-order valence-electron chi connectivity index (χ2n) is 5.66. The van der Waals surface area contributed by atoms with E-state index in [-0.39, 0.29) is 6.61 Å². The molecule has 3 rings (SSSR count). The van der Waals surface area contributed by atoms with Gasteiger partial charge in [0.1, 0.15) is 0 Å². The van der Waals surface area contributed by atoms with Crippen LogP contribution in [0.5, 0.6) is 0 Å². The molecule has 7 nitrogen and oxygen atoms in total. The first-order valence-corrected chi connectivity index (χ1v) is 7.86. The van der Waals surface area contributed by atoms with Crippen molar-refractivity contribution in [3.63, 3.8) is 0 Å². The lowest BCUT2D eigenvalue weighted by Crippen LogP contribution is -2.07. The molecule has 126 valence electrons.